The van der Waals surface area contributed by atoms with Crippen LogP contribution in [0.5, 0.6) is 0 Å². The lowest BCUT2D eigenvalue weighted by molar-refractivity contribution is -0.138. The average Bonchev–Trinajstić information content (AvgIpc) is 2.87. The van der Waals surface area contributed by atoms with E-state index in [-0.39, 0.29) is 0 Å². The van der Waals surface area contributed by atoms with Gasteiger partial charge in [0.2, 0.25) is 0 Å². The number of rotatable bonds is 4. The summed E-state index contributed by atoms with van der Waals surface area (Å²) in [6, 6.07) is 11.8. The fourth-order valence-corrected chi connectivity index (χ4v) is 3.81. The third kappa shape index (κ3) is 3.04. The van der Waals surface area contributed by atoms with Gasteiger partial charge in [-0.05, 0) is 35.0 Å². The largest absolute Gasteiger partial charge is 0.479 e. The standard InChI is InChI=1S/C16H11Cl2NO2S/c17-9-5-10(18)7-11(6-9)19-15(16(20)21)13-8-22-14-4-2-1-3-12(13)14/h1-8,15,19H,(H,20,21). The highest BCUT2D eigenvalue weighted by Gasteiger charge is 2.23. The zero-order valence-electron chi connectivity index (χ0n) is 11.2. The maximum atomic E-state index is 11.7. The number of carbonyl (C=O) groups is 1. The number of hydrogen-bond donors (Lipinski definition) is 2. The summed E-state index contributed by atoms with van der Waals surface area (Å²) in [4.78, 5) is 11.7. The smallest absolute Gasteiger partial charge is 0.330 e. The van der Waals surface area contributed by atoms with Crippen molar-refractivity contribution in [3.63, 3.8) is 0 Å². The molecule has 2 aromatic carbocycles. The molecule has 3 nitrogen and oxygen atoms in total. The molecule has 1 heterocycles. The molecule has 0 saturated carbocycles. The summed E-state index contributed by atoms with van der Waals surface area (Å²) in [5.41, 5.74) is 1.30. The van der Waals surface area contributed by atoms with E-state index in [1.54, 1.807) is 18.2 Å². The Bertz CT molecular complexity index is 827. The number of fused-ring (bicyclic) bond motifs is 1. The van der Waals surface area contributed by atoms with Gasteiger partial charge >= 0.3 is 5.97 Å². The van der Waals surface area contributed by atoms with Crippen molar-refractivity contribution in [2.75, 3.05) is 5.32 Å². The molecular weight excluding hydrogens is 341 g/mol. The Morgan fingerprint density at radius 1 is 1.14 bits per heavy atom. The summed E-state index contributed by atoms with van der Waals surface area (Å²) >= 11 is 13.4. The molecule has 3 rings (SSSR count). The maximum absolute atomic E-state index is 11.7. The molecule has 0 aliphatic rings. The molecule has 1 aromatic heterocycles. The highest BCUT2D eigenvalue weighted by Crippen LogP contribution is 2.33. The van der Waals surface area contributed by atoms with Crippen LogP contribution in [0.2, 0.25) is 10.0 Å². The number of hydrogen-bond acceptors (Lipinski definition) is 3. The summed E-state index contributed by atoms with van der Waals surface area (Å²) in [5.74, 6) is -0.959. The van der Waals surface area contributed by atoms with Gasteiger partial charge in [-0.2, -0.15) is 0 Å². The molecule has 2 N–H and O–H groups in total. The topological polar surface area (TPSA) is 49.3 Å². The Hall–Kier alpha value is -1.75. The number of nitrogens with one attached hydrogen (secondary N) is 1. The van der Waals surface area contributed by atoms with Gasteiger partial charge in [-0.25, -0.2) is 4.79 Å². The molecule has 112 valence electrons. The molecular formula is C16H11Cl2NO2S. The number of benzene rings is 2. The predicted octanol–water partition coefficient (Wildman–Crippen LogP) is 5.45. The van der Waals surface area contributed by atoms with Crippen LogP contribution in [0.4, 0.5) is 5.69 Å². The number of aliphatic carboxylic acids is 1. The Balaban J connectivity index is 2.01. The van der Waals surface area contributed by atoms with Gasteiger partial charge in [0.25, 0.3) is 0 Å². The van der Waals surface area contributed by atoms with Gasteiger partial charge in [0.15, 0.2) is 6.04 Å². The fraction of sp³-hybridized carbons (Fsp3) is 0.0625. The molecule has 0 bridgehead atoms. The minimum atomic E-state index is -0.959. The molecule has 0 aliphatic heterocycles. The number of carboxylic acids is 1. The molecule has 0 aliphatic carbocycles. The van der Waals surface area contributed by atoms with Crippen molar-refractivity contribution < 1.29 is 9.90 Å². The molecule has 1 unspecified atom stereocenters. The van der Waals surface area contributed by atoms with E-state index in [1.165, 1.54) is 11.3 Å². The van der Waals surface area contributed by atoms with E-state index in [1.807, 2.05) is 29.6 Å². The first-order valence-electron chi connectivity index (χ1n) is 6.46. The summed E-state index contributed by atoms with van der Waals surface area (Å²) in [7, 11) is 0. The van der Waals surface area contributed by atoms with E-state index in [9.17, 15) is 9.90 Å². The Morgan fingerprint density at radius 3 is 2.50 bits per heavy atom. The van der Waals surface area contributed by atoms with E-state index >= 15 is 0 Å². The monoisotopic (exact) mass is 351 g/mol. The van der Waals surface area contributed by atoms with Crippen LogP contribution in [-0.4, -0.2) is 11.1 Å². The summed E-state index contributed by atoms with van der Waals surface area (Å²) < 4.78 is 1.05. The van der Waals surface area contributed by atoms with Crippen molar-refractivity contribution in [2.24, 2.45) is 0 Å². The van der Waals surface area contributed by atoms with Crippen LogP contribution in [-0.2, 0) is 4.79 Å². The van der Waals surface area contributed by atoms with E-state index in [0.717, 1.165) is 15.6 Å². The lowest BCUT2D eigenvalue weighted by Crippen LogP contribution is -2.20. The highest BCUT2D eigenvalue weighted by molar-refractivity contribution is 7.17. The number of carboxylic acid groups (broad SMARTS) is 1. The minimum Gasteiger partial charge on any atom is -0.479 e. The molecule has 0 spiro atoms. The summed E-state index contributed by atoms with van der Waals surface area (Å²) in [5, 5.41) is 16.3. The van der Waals surface area contributed by atoms with Gasteiger partial charge in [0, 0.05) is 26.0 Å². The van der Waals surface area contributed by atoms with Crippen molar-refractivity contribution in [3.8, 4) is 0 Å². The normalized spacial score (nSPS) is 12.3. The quantitative estimate of drug-likeness (QED) is 0.657. The minimum absolute atomic E-state index is 0.453. The van der Waals surface area contributed by atoms with Crippen LogP contribution in [0.15, 0.2) is 47.8 Å². The lowest BCUT2D eigenvalue weighted by Gasteiger charge is -2.16. The molecule has 0 saturated heterocycles. The summed E-state index contributed by atoms with van der Waals surface area (Å²) in [6.07, 6.45) is 0. The average molecular weight is 352 g/mol. The van der Waals surface area contributed by atoms with Gasteiger partial charge in [0.1, 0.15) is 0 Å². The fourth-order valence-electron chi connectivity index (χ4n) is 2.30. The van der Waals surface area contributed by atoms with Crippen LogP contribution >= 0.6 is 34.5 Å². The molecule has 0 radical (unpaired) electrons. The van der Waals surface area contributed by atoms with Crippen LogP contribution in [0.25, 0.3) is 10.1 Å². The molecule has 3 aromatic rings. The van der Waals surface area contributed by atoms with Gasteiger partial charge in [-0.15, -0.1) is 11.3 Å². The van der Waals surface area contributed by atoms with E-state index in [4.69, 9.17) is 23.2 Å². The van der Waals surface area contributed by atoms with Crippen LogP contribution in [0, 0.1) is 0 Å². The second-order valence-corrected chi connectivity index (χ2v) is 6.55. The molecule has 22 heavy (non-hydrogen) atoms. The van der Waals surface area contributed by atoms with E-state index in [0.29, 0.717) is 15.7 Å². The lowest BCUT2D eigenvalue weighted by atomic mass is 10.1. The molecule has 0 fully saturated rings. The van der Waals surface area contributed by atoms with Gasteiger partial charge in [-0.3, -0.25) is 0 Å². The van der Waals surface area contributed by atoms with Crippen molar-refractivity contribution in [1.82, 2.24) is 0 Å². The van der Waals surface area contributed by atoms with Gasteiger partial charge in [-0.1, -0.05) is 41.4 Å². The number of halogens is 2. The first-order valence-corrected chi connectivity index (χ1v) is 8.10. The first-order chi connectivity index (χ1) is 10.5. The number of anilines is 1. The SMILES string of the molecule is O=C(O)C(Nc1cc(Cl)cc(Cl)c1)c1csc2ccccc12. The van der Waals surface area contributed by atoms with Crippen LogP contribution < -0.4 is 5.32 Å². The zero-order chi connectivity index (χ0) is 15.7. The van der Waals surface area contributed by atoms with E-state index in [2.05, 4.69) is 5.32 Å². The first kappa shape index (κ1) is 15.2. The van der Waals surface area contributed by atoms with Gasteiger partial charge in [0.05, 0.1) is 0 Å². The van der Waals surface area contributed by atoms with Crippen LogP contribution in [0.3, 0.4) is 0 Å². The maximum Gasteiger partial charge on any atom is 0.330 e. The molecule has 0 amide bonds. The highest BCUT2D eigenvalue weighted by atomic mass is 35.5. The van der Waals surface area contributed by atoms with Crippen molar-refractivity contribution in [2.45, 2.75) is 6.04 Å². The van der Waals surface area contributed by atoms with Crippen LogP contribution in [0.1, 0.15) is 11.6 Å². The third-order valence-electron chi connectivity index (χ3n) is 3.24. The summed E-state index contributed by atoms with van der Waals surface area (Å²) in [6.45, 7) is 0. The predicted molar refractivity (Wildman–Crippen MR) is 92.3 cm³/mol. The number of thiophene rings is 1. The zero-order valence-corrected chi connectivity index (χ0v) is 13.5. The van der Waals surface area contributed by atoms with Crippen molar-refractivity contribution >= 4 is 56.3 Å². The molecule has 6 heteroatoms. The second-order valence-electron chi connectivity index (χ2n) is 4.76. The Labute approximate surface area is 141 Å². The Morgan fingerprint density at radius 2 is 1.82 bits per heavy atom. The Kier molecular flexibility index (Phi) is 4.25. The van der Waals surface area contributed by atoms with Gasteiger partial charge < -0.3 is 10.4 Å². The molecule has 1 atom stereocenters. The van der Waals surface area contributed by atoms with Crippen molar-refractivity contribution in [3.05, 3.63) is 63.5 Å². The third-order valence-corrected chi connectivity index (χ3v) is 4.66. The second kappa shape index (κ2) is 6.16. The van der Waals surface area contributed by atoms with Crippen molar-refractivity contribution in [1.29, 1.82) is 0 Å². The van der Waals surface area contributed by atoms with E-state index < -0.39 is 12.0 Å².